The van der Waals surface area contributed by atoms with Crippen LogP contribution in [0.4, 0.5) is 5.69 Å². The molecule has 2 nitrogen and oxygen atoms in total. The fraction of sp³-hybridized carbons (Fsp3) is 0.308. The van der Waals surface area contributed by atoms with Gasteiger partial charge in [-0.25, -0.2) is 0 Å². The van der Waals surface area contributed by atoms with Gasteiger partial charge in [0.05, 0.1) is 0 Å². The molecule has 0 spiro atoms. The SMILES string of the molecule is C=CCN(C)c1ccc(C(=O)CC)cc1. The molecule has 0 saturated heterocycles. The Labute approximate surface area is 91.2 Å². The third-order valence-electron chi connectivity index (χ3n) is 2.35. The summed E-state index contributed by atoms with van der Waals surface area (Å²) in [4.78, 5) is 13.5. The largest absolute Gasteiger partial charge is 0.371 e. The van der Waals surface area contributed by atoms with Crippen LogP contribution in [0.3, 0.4) is 0 Å². The number of benzene rings is 1. The Morgan fingerprint density at radius 1 is 1.40 bits per heavy atom. The molecule has 0 aliphatic heterocycles. The highest BCUT2D eigenvalue weighted by atomic mass is 16.1. The van der Waals surface area contributed by atoms with E-state index in [4.69, 9.17) is 0 Å². The topological polar surface area (TPSA) is 20.3 Å². The van der Waals surface area contributed by atoms with Crippen molar-refractivity contribution >= 4 is 11.5 Å². The monoisotopic (exact) mass is 203 g/mol. The Kier molecular flexibility index (Phi) is 4.10. The Balaban J connectivity index is 2.80. The first-order valence-electron chi connectivity index (χ1n) is 5.14. The lowest BCUT2D eigenvalue weighted by Crippen LogP contribution is -2.16. The Hall–Kier alpha value is -1.57. The fourth-order valence-corrected chi connectivity index (χ4v) is 1.40. The molecule has 0 aliphatic rings. The van der Waals surface area contributed by atoms with Crippen molar-refractivity contribution < 1.29 is 4.79 Å². The number of nitrogens with zero attached hydrogens (tertiary/aromatic N) is 1. The van der Waals surface area contributed by atoms with Gasteiger partial charge in [0.15, 0.2) is 5.78 Å². The van der Waals surface area contributed by atoms with E-state index in [0.717, 1.165) is 17.8 Å². The number of carbonyl (C=O) groups excluding carboxylic acids is 1. The van der Waals surface area contributed by atoms with E-state index in [2.05, 4.69) is 11.5 Å². The van der Waals surface area contributed by atoms with Gasteiger partial charge in [-0.3, -0.25) is 4.79 Å². The molecule has 0 N–H and O–H groups in total. The summed E-state index contributed by atoms with van der Waals surface area (Å²) in [6.45, 7) is 6.37. The van der Waals surface area contributed by atoms with E-state index in [9.17, 15) is 4.79 Å². The van der Waals surface area contributed by atoms with Crippen LogP contribution in [0.1, 0.15) is 23.7 Å². The van der Waals surface area contributed by atoms with Crippen molar-refractivity contribution in [2.24, 2.45) is 0 Å². The smallest absolute Gasteiger partial charge is 0.162 e. The molecule has 1 aromatic carbocycles. The van der Waals surface area contributed by atoms with Gasteiger partial charge in [-0.05, 0) is 24.3 Å². The Morgan fingerprint density at radius 3 is 2.47 bits per heavy atom. The zero-order valence-corrected chi connectivity index (χ0v) is 9.36. The summed E-state index contributed by atoms with van der Waals surface area (Å²) < 4.78 is 0. The van der Waals surface area contributed by atoms with Gasteiger partial charge in [0, 0.05) is 31.3 Å². The van der Waals surface area contributed by atoms with Crippen LogP contribution < -0.4 is 4.90 Å². The molecular formula is C13H17NO. The number of ketones is 1. The summed E-state index contributed by atoms with van der Waals surface area (Å²) in [5.74, 6) is 0.188. The average molecular weight is 203 g/mol. The first-order valence-corrected chi connectivity index (χ1v) is 5.14. The van der Waals surface area contributed by atoms with Crippen LogP contribution in [0.15, 0.2) is 36.9 Å². The molecule has 0 radical (unpaired) electrons. The maximum Gasteiger partial charge on any atom is 0.162 e. The second-order valence-electron chi connectivity index (χ2n) is 3.49. The molecule has 1 rings (SSSR count). The number of likely N-dealkylation sites (N-methyl/N-ethyl adjacent to an activating group) is 1. The standard InChI is InChI=1S/C13H17NO/c1-4-10-14(3)12-8-6-11(7-9-12)13(15)5-2/h4,6-9H,1,5,10H2,2-3H3. The number of rotatable bonds is 5. The maximum absolute atomic E-state index is 11.4. The molecule has 0 amide bonds. The van der Waals surface area contributed by atoms with Gasteiger partial charge in [-0.15, -0.1) is 6.58 Å². The van der Waals surface area contributed by atoms with Crippen molar-refractivity contribution in [3.8, 4) is 0 Å². The third-order valence-corrected chi connectivity index (χ3v) is 2.35. The van der Waals surface area contributed by atoms with Crippen molar-refractivity contribution in [2.45, 2.75) is 13.3 Å². The zero-order valence-electron chi connectivity index (χ0n) is 9.36. The first kappa shape index (κ1) is 11.5. The van der Waals surface area contributed by atoms with Gasteiger partial charge in [0.1, 0.15) is 0 Å². The molecule has 0 saturated carbocycles. The molecule has 0 atom stereocenters. The number of anilines is 1. The van der Waals surface area contributed by atoms with Crippen LogP contribution in [0.5, 0.6) is 0 Å². The molecular weight excluding hydrogens is 186 g/mol. The number of hydrogen-bond donors (Lipinski definition) is 0. The predicted molar refractivity (Wildman–Crippen MR) is 64.5 cm³/mol. The molecule has 0 fully saturated rings. The van der Waals surface area contributed by atoms with E-state index in [0.29, 0.717) is 6.42 Å². The lowest BCUT2D eigenvalue weighted by Gasteiger charge is -2.17. The normalized spacial score (nSPS) is 9.73. The summed E-state index contributed by atoms with van der Waals surface area (Å²) in [6.07, 6.45) is 2.41. The summed E-state index contributed by atoms with van der Waals surface area (Å²) in [7, 11) is 2.00. The summed E-state index contributed by atoms with van der Waals surface area (Å²) >= 11 is 0. The fourth-order valence-electron chi connectivity index (χ4n) is 1.40. The van der Waals surface area contributed by atoms with Crippen molar-refractivity contribution in [2.75, 3.05) is 18.5 Å². The third kappa shape index (κ3) is 2.94. The number of hydrogen-bond acceptors (Lipinski definition) is 2. The van der Waals surface area contributed by atoms with E-state index >= 15 is 0 Å². The molecule has 0 aromatic heterocycles. The van der Waals surface area contributed by atoms with Gasteiger partial charge in [0.25, 0.3) is 0 Å². The number of Topliss-reactive ketones (excluding diaryl/α,β-unsaturated/α-hetero) is 1. The molecule has 2 heteroatoms. The van der Waals surface area contributed by atoms with E-state index in [1.54, 1.807) is 0 Å². The lowest BCUT2D eigenvalue weighted by atomic mass is 10.1. The highest BCUT2D eigenvalue weighted by molar-refractivity contribution is 5.96. The Bertz CT molecular complexity index is 340. The highest BCUT2D eigenvalue weighted by Crippen LogP contribution is 2.14. The molecule has 0 aliphatic carbocycles. The average Bonchev–Trinajstić information content (AvgIpc) is 2.28. The minimum Gasteiger partial charge on any atom is -0.371 e. The van der Waals surface area contributed by atoms with E-state index < -0.39 is 0 Å². The van der Waals surface area contributed by atoms with Crippen LogP contribution in [0, 0.1) is 0 Å². The molecule has 0 heterocycles. The summed E-state index contributed by atoms with van der Waals surface area (Å²) in [5, 5.41) is 0. The van der Waals surface area contributed by atoms with Gasteiger partial charge < -0.3 is 4.90 Å². The van der Waals surface area contributed by atoms with E-state index in [-0.39, 0.29) is 5.78 Å². The van der Waals surface area contributed by atoms with Crippen LogP contribution in [-0.2, 0) is 0 Å². The van der Waals surface area contributed by atoms with Gasteiger partial charge in [-0.2, -0.15) is 0 Å². The Morgan fingerprint density at radius 2 is 2.00 bits per heavy atom. The molecule has 0 unspecified atom stereocenters. The van der Waals surface area contributed by atoms with Crippen LogP contribution >= 0.6 is 0 Å². The first-order chi connectivity index (χ1) is 7.19. The quantitative estimate of drug-likeness (QED) is 0.541. The summed E-state index contributed by atoms with van der Waals surface area (Å²) in [5.41, 5.74) is 1.89. The van der Waals surface area contributed by atoms with Gasteiger partial charge >= 0.3 is 0 Å². The zero-order chi connectivity index (χ0) is 11.3. The lowest BCUT2D eigenvalue weighted by molar-refractivity contribution is 0.0988. The van der Waals surface area contributed by atoms with Crippen molar-refractivity contribution in [3.63, 3.8) is 0 Å². The molecule has 0 bridgehead atoms. The minimum absolute atomic E-state index is 0.188. The minimum atomic E-state index is 0.188. The van der Waals surface area contributed by atoms with E-state index in [1.807, 2.05) is 44.3 Å². The van der Waals surface area contributed by atoms with Crippen molar-refractivity contribution in [1.29, 1.82) is 0 Å². The van der Waals surface area contributed by atoms with E-state index in [1.165, 1.54) is 0 Å². The molecule has 1 aromatic rings. The van der Waals surface area contributed by atoms with Crippen LogP contribution in [0.25, 0.3) is 0 Å². The van der Waals surface area contributed by atoms with Crippen molar-refractivity contribution in [3.05, 3.63) is 42.5 Å². The van der Waals surface area contributed by atoms with Gasteiger partial charge in [-0.1, -0.05) is 13.0 Å². The van der Waals surface area contributed by atoms with Crippen LogP contribution in [0.2, 0.25) is 0 Å². The predicted octanol–water partition coefficient (Wildman–Crippen LogP) is 2.90. The molecule has 15 heavy (non-hydrogen) atoms. The second kappa shape index (κ2) is 5.35. The number of carbonyl (C=O) groups is 1. The summed E-state index contributed by atoms with van der Waals surface area (Å²) in [6, 6.07) is 7.68. The van der Waals surface area contributed by atoms with Crippen molar-refractivity contribution in [1.82, 2.24) is 0 Å². The highest BCUT2D eigenvalue weighted by Gasteiger charge is 2.03. The van der Waals surface area contributed by atoms with Gasteiger partial charge in [0.2, 0.25) is 0 Å². The molecule has 80 valence electrons. The maximum atomic E-state index is 11.4. The second-order valence-corrected chi connectivity index (χ2v) is 3.49. The van der Waals surface area contributed by atoms with Crippen LogP contribution in [-0.4, -0.2) is 19.4 Å².